The van der Waals surface area contributed by atoms with Crippen LogP contribution in [0.3, 0.4) is 0 Å². The standard InChI is InChI=1S/C20H17BrN6O2/c21-16-10-23-20(24-11-16)26-6-7-29-17(12-26)13-27-19(28)5-4-18(25-27)15-3-1-2-14(8-15)9-22/h1-5,8,10-11,17H,6-7,12-13H2/t17-/m0/s1. The quantitative estimate of drug-likeness (QED) is 0.598. The molecule has 3 aromatic rings. The predicted molar refractivity (Wildman–Crippen MR) is 110 cm³/mol. The summed E-state index contributed by atoms with van der Waals surface area (Å²) >= 11 is 3.34. The molecule has 1 aromatic carbocycles. The van der Waals surface area contributed by atoms with Crippen LogP contribution in [0.1, 0.15) is 5.56 Å². The number of ether oxygens (including phenoxy) is 1. The first-order chi connectivity index (χ1) is 14.1. The van der Waals surface area contributed by atoms with E-state index in [9.17, 15) is 4.79 Å². The molecule has 0 radical (unpaired) electrons. The Morgan fingerprint density at radius 2 is 2.07 bits per heavy atom. The number of nitrogens with zero attached hydrogens (tertiary/aromatic N) is 6. The van der Waals surface area contributed by atoms with Gasteiger partial charge >= 0.3 is 0 Å². The number of hydrogen-bond acceptors (Lipinski definition) is 7. The molecule has 0 aliphatic carbocycles. The second kappa shape index (κ2) is 8.51. The molecular formula is C20H17BrN6O2. The first-order valence-electron chi connectivity index (χ1n) is 9.05. The van der Waals surface area contributed by atoms with Crippen molar-refractivity contribution < 1.29 is 4.74 Å². The second-order valence-electron chi connectivity index (χ2n) is 6.57. The third-order valence-corrected chi connectivity index (χ3v) is 4.97. The minimum absolute atomic E-state index is 0.203. The van der Waals surface area contributed by atoms with Crippen LogP contribution in [0.5, 0.6) is 0 Å². The van der Waals surface area contributed by atoms with Gasteiger partial charge in [-0.2, -0.15) is 10.4 Å². The SMILES string of the molecule is N#Cc1cccc(-c2ccc(=O)n(C[C@@H]3CN(c4ncc(Br)cn4)CCO3)n2)c1. The van der Waals surface area contributed by atoms with E-state index in [2.05, 4.69) is 37.1 Å². The summed E-state index contributed by atoms with van der Waals surface area (Å²) in [5.74, 6) is 0.629. The zero-order chi connectivity index (χ0) is 20.2. The fourth-order valence-corrected chi connectivity index (χ4v) is 3.36. The summed E-state index contributed by atoms with van der Waals surface area (Å²) < 4.78 is 8.07. The van der Waals surface area contributed by atoms with Crippen molar-refractivity contribution in [1.82, 2.24) is 19.7 Å². The Morgan fingerprint density at radius 1 is 1.24 bits per heavy atom. The highest BCUT2D eigenvalue weighted by Crippen LogP contribution is 2.18. The lowest BCUT2D eigenvalue weighted by atomic mass is 10.1. The van der Waals surface area contributed by atoms with Crippen LogP contribution in [0.25, 0.3) is 11.3 Å². The van der Waals surface area contributed by atoms with Crippen molar-refractivity contribution in [3.8, 4) is 17.3 Å². The van der Waals surface area contributed by atoms with E-state index in [1.807, 2.05) is 11.0 Å². The highest BCUT2D eigenvalue weighted by Gasteiger charge is 2.23. The van der Waals surface area contributed by atoms with Crippen LogP contribution >= 0.6 is 15.9 Å². The van der Waals surface area contributed by atoms with E-state index in [0.717, 1.165) is 10.0 Å². The Labute approximate surface area is 175 Å². The van der Waals surface area contributed by atoms with Crippen molar-refractivity contribution in [1.29, 1.82) is 5.26 Å². The molecule has 8 nitrogen and oxygen atoms in total. The van der Waals surface area contributed by atoms with Gasteiger partial charge in [-0.3, -0.25) is 4.79 Å². The summed E-state index contributed by atoms with van der Waals surface area (Å²) in [7, 11) is 0. The molecule has 0 amide bonds. The third kappa shape index (κ3) is 4.50. The van der Waals surface area contributed by atoms with E-state index in [0.29, 0.717) is 43.4 Å². The Kier molecular flexibility index (Phi) is 5.64. The highest BCUT2D eigenvalue weighted by atomic mass is 79.9. The molecule has 1 saturated heterocycles. The van der Waals surface area contributed by atoms with Crippen LogP contribution in [-0.2, 0) is 11.3 Å². The Hall–Kier alpha value is -3.09. The molecule has 1 aliphatic rings. The first kappa shape index (κ1) is 19.2. The molecular weight excluding hydrogens is 436 g/mol. The van der Waals surface area contributed by atoms with E-state index >= 15 is 0 Å². The van der Waals surface area contributed by atoms with Gasteiger partial charge in [0.2, 0.25) is 5.95 Å². The molecule has 1 atom stereocenters. The lowest BCUT2D eigenvalue weighted by Crippen LogP contribution is -2.46. The lowest BCUT2D eigenvalue weighted by Gasteiger charge is -2.32. The second-order valence-corrected chi connectivity index (χ2v) is 7.49. The van der Waals surface area contributed by atoms with Gasteiger partial charge in [0, 0.05) is 37.1 Å². The van der Waals surface area contributed by atoms with Gasteiger partial charge in [0.05, 0.1) is 41.1 Å². The maximum Gasteiger partial charge on any atom is 0.266 e. The molecule has 2 aromatic heterocycles. The van der Waals surface area contributed by atoms with Crippen molar-refractivity contribution in [2.75, 3.05) is 24.6 Å². The average molecular weight is 453 g/mol. The number of benzene rings is 1. The molecule has 1 aliphatic heterocycles. The summed E-state index contributed by atoms with van der Waals surface area (Å²) in [5.41, 5.74) is 1.76. The van der Waals surface area contributed by atoms with E-state index in [1.54, 1.807) is 36.7 Å². The zero-order valence-corrected chi connectivity index (χ0v) is 17.0. The monoisotopic (exact) mass is 452 g/mol. The van der Waals surface area contributed by atoms with Gasteiger partial charge in [0.25, 0.3) is 5.56 Å². The Bertz CT molecular complexity index is 1110. The largest absolute Gasteiger partial charge is 0.373 e. The molecule has 0 saturated carbocycles. The van der Waals surface area contributed by atoms with E-state index in [-0.39, 0.29) is 11.7 Å². The van der Waals surface area contributed by atoms with E-state index in [1.165, 1.54) is 10.7 Å². The number of anilines is 1. The number of aromatic nitrogens is 4. The van der Waals surface area contributed by atoms with Crippen LogP contribution < -0.4 is 10.5 Å². The fourth-order valence-electron chi connectivity index (χ4n) is 3.15. The van der Waals surface area contributed by atoms with Crippen molar-refractivity contribution in [2.24, 2.45) is 0 Å². The molecule has 146 valence electrons. The van der Waals surface area contributed by atoms with Crippen LogP contribution in [0.2, 0.25) is 0 Å². The highest BCUT2D eigenvalue weighted by molar-refractivity contribution is 9.10. The van der Waals surface area contributed by atoms with Crippen LogP contribution in [0.4, 0.5) is 5.95 Å². The number of nitriles is 1. The van der Waals surface area contributed by atoms with Crippen molar-refractivity contribution in [3.05, 3.63) is 69.2 Å². The molecule has 1 fully saturated rings. The van der Waals surface area contributed by atoms with Crippen LogP contribution in [0.15, 0.2) is 58.1 Å². The topological polar surface area (TPSA) is 96.9 Å². The van der Waals surface area contributed by atoms with Crippen molar-refractivity contribution in [3.63, 3.8) is 0 Å². The molecule has 0 spiro atoms. The maximum atomic E-state index is 12.3. The zero-order valence-electron chi connectivity index (χ0n) is 15.4. The molecule has 29 heavy (non-hydrogen) atoms. The third-order valence-electron chi connectivity index (χ3n) is 4.56. The maximum absolute atomic E-state index is 12.3. The van der Waals surface area contributed by atoms with Gasteiger partial charge in [-0.15, -0.1) is 0 Å². The van der Waals surface area contributed by atoms with Gasteiger partial charge < -0.3 is 9.64 Å². The predicted octanol–water partition coefficient (Wildman–Crippen LogP) is 2.24. The molecule has 9 heteroatoms. The van der Waals surface area contributed by atoms with E-state index in [4.69, 9.17) is 10.00 Å². The number of hydrogen-bond donors (Lipinski definition) is 0. The van der Waals surface area contributed by atoms with Gasteiger partial charge in [0.1, 0.15) is 0 Å². The fraction of sp³-hybridized carbons (Fsp3) is 0.250. The Balaban J connectivity index is 1.53. The molecule has 0 bridgehead atoms. The summed E-state index contributed by atoms with van der Waals surface area (Å²) in [6.45, 7) is 2.08. The van der Waals surface area contributed by atoms with Gasteiger partial charge in [0.15, 0.2) is 0 Å². The molecule has 0 unspecified atom stereocenters. The normalized spacial score (nSPS) is 16.4. The Morgan fingerprint density at radius 3 is 2.86 bits per heavy atom. The first-order valence-corrected chi connectivity index (χ1v) is 9.84. The smallest absolute Gasteiger partial charge is 0.266 e. The number of rotatable bonds is 4. The van der Waals surface area contributed by atoms with Gasteiger partial charge in [-0.05, 0) is 34.1 Å². The summed E-state index contributed by atoms with van der Waals surface area (Å²) in [6, 6.07) is 12.4. The summed E-state index contributed by atoms with van der Waals surface area (Å²) in [5, 5.41) is 13.6. The van der Waals surface area contributed by atoms with Crippen LogP contribution in [-0.4, -0.2) is 45.5 Å². The van der Waals surface area contributed by atoms with Gasteiger partial charge in [-0.1, -0.05) is 12.1 Å². The number of morpholine rings is 1. The van der Waals surface area contributed by atoms with Gasteiger partial charge in [-0.25, -0.2) is 14.6 Å². The minimum Gasteiger partial charge on any atom is -0.373 e. The molecule has 3 heterocycles. The summed E-state index contributed by atoms with van der Waals surface area (Å²) in [4.78, 5) is 23.0. The van der Waals surface area contributed by atoms with Crippen LogP contribution in [0, 0.1) is 11.3 Å². The lowest BCUT2D eigenvalue weighted by molar-refractivity contribution is 0.0260. The average Bonchev–Trinajstić information content (AvgIpc) is 2.76. The summed E-state index contributed by atoms with van der Waals surface area (Å²) in [6.07, 6.45) is 3.19. The molecule has 0 N–H and O–H groups in total. The minimum atomic E-state index is -0.220. The van der Waals surface area contributed by atoms with E-state index < -0.39 is 0 Å². The molecule has 4 rings (SSSR count). The van der Waals surface area contributed by atoms with Crippen molar-refractivity contribution in [2.45, 2.75) is 12.6 Å². The van der Waals surface area contributed by atoms with Crippen molar-refractivity contribution >= 4 is 21.9 Å². The number of halogens is 1.